The zero-order valence-corrected chi connectivity index (χ0v) is 12.5. The molecule has 1 aliphatic carbocycles. The van der Waals surface area contributed by atoms with Crippen molar-refractivity contribution >= 4 is 17.5 Å². The summed E-state index contributed by atoms with van der Waals surface area (Å²) in [7, 11) is 0. The number of nitrogens with zero attached hydrogens (tertiary/aromatic N) is 1. The van der Waals surface area contributed by atoms with E-state index in [1.807, 2.05) is 24.3 Å². The molecule has 1 aromatic carbocycles. The number of aromatic amines is 1. The Morgan fingerprint density at radius 2 is 2.14 bits per heavy atom. The van der Waals surface area contributed by atoms with Gasteiger partial charge >= 0.3 is 0 Å². The maximum absolute atomic E-state index is 12.0. The first-order chi connectivity index (χ1) is 10.2. The molecule has 110 valence electrons. The van der Waals surface area contributed by atoms with Gasteiger partial charge in [0.05, 0.1) is 6.42 Å². The van der Waals surface area contributed by atoms with Crippen LogP contribution in [0, 0.1) is 0 Å². The molecule has 0 saturated heterocycles. The molecule has 0 spiro atoms. The van der Waals surface area contributed by atoms with E-state index in [1.54, 1.807) is 6.20 Å². The Morgan fingerprint density at radius 3 is 2.76 bits per heavy atom. The van der Waals surface area contributed by atoms with Gasteiger partial charge in [0.1, 0.15) is 0 Å². The minimum absolute atomic E-state index is 0.00197. The standard InChI is InChI=1S/C16H18ClN3O/c17-14-5-2-1-4-13(14)16(7-3-8-16)11-18-15(21)10-12-6-9-19-20-12/h1-2,4-6,9H,3,7-8,10-11H2,(H,18,21)(H,19,20). The van der Waals surface area contributed by atoms with Crippen molar-refractivity contribution in [3.8, 4) is 0 Å². The van der Waals surface area contributed by atoms with E-state index in [2.05, 4.69) is 21.6 Å². The third kappa shape index (κ3) is 2.95. The van der Waals surface area contributed by atoms with E-state index >= 15 is 0 Å². The van der Waals surface area contributed by atoms with Crippen molar-refractivity contribution in [2.45, 2.75) is 31.1 Å². The highest BCUT2D eigenvalue weighted by Gasteiger charge is 2.40. The molecule has 1 heterocycles. The molecule has 1 aromatic heterocycles. The Morgan fingerprint density at radius 1 is 1.33 bits per heavy atom. The van der Waals surface area contributed by atoms with E-state index < -0.39 is 0 Å². The van der Waals surface area contributed by atoms with Gasteiger partial charge in [-0.3, -0.25) is 9.89 Å². The summed E-state index contributed by atoms with van der Waals surface area (Å²) in [6, 6.07) is 9.75. The molecule has 0 radical (unpaired) electrons. The number of benzene rings is 1. The molecule has 2 N–H and O–H groups in total. The summed E-state index contributed by atoms with van der Waals surface area (Å²) in [5, 5.41) is 10.5. The predicted octanol–water partition coefficient (Wildman–Crippen LogP) is 2.84. The fourth-order valence-corrected chi connectivity index (χ4v) is 3.26. The van der Waals surface area contributed by atoms with Gasteiger partial charge in [0, 0.05) is 28.9 Å². The second-order valence-corrected chi connectivity index (χ2v) is 6.06. The van der Waals surface area contributed by atoms with Gasteiger partial charge in [-0.05, 0) is 30.5 Å². The van der Waals surface area contributed by atoms with Crippen LogP contribution < -0.4 is 5.32 Å². The molecule has 1 aliphatic rings. The number of carbonyl (C=O) groups excluding carboxylic acids is 1. The fraction of sp³-hybridized carbons (Fsp3) is 0.375. The lowest BCUT2D eigenvalue weighted by Crippen LogP contribution is -2.46. The van der Waals surface area contributed by atoms with Crippen molar-refractivity contribution in [3.63, 3.8) is 0 Å². The highest BCUT2D eigenvalue weighted by Crippen LogP contribution is 2.45. The molecule has 1 saturated carbocycles. The topological polar surface area (TPSA) is 57.8 Å². The van der Waals surface area contributed by atoms with Gasteiger partial charge in [0.15, 0.2) is 0 Å². The van der Waals surface area contributed by atoms with E-state index in [-0.39, 0.29) is 11.3 Å². The zero-order chi connectivity index (χ0) is 14.7. The zero-order valence-electron chi connectivity index (χ0n) is 11.7. The van der Waals surface area contributed by atoms with Gasteiger partial charge in [-0.1, -0.05) is 36.2 Å². The van der Waals surface area contributed by atoms with Crippen molar-refractivity contribution < 1.29 is 4.79 Å². The van der Waals surface area contributed by atoms with Gasteiger partial charge in [0.2, 0.25) is 5.91 Å². The van der Waals surface area contributed by atoms with Crippen LogP contribution in [0.25, 0.3) is 0 Å². The monoisotopic (exact) mass is 303 g/mol. The molecule has 4 nitrogen and oxygen atoms in total. The van der Waals surface area contributed by atoms with Crippen LogP contribution >= 0.6 is 11.6 Å². The minimum Gasteiger partial charge on any atom is -0.355 e. The average molecular weight is 304 g/mol. The first-order valence-electron chi connectivity index (χ1n) is 7.20. The molecule has 1 amide bonds. The first kappa shape index (κ1) is 14.1. The van der Waals surface area contributed by atoms with Gasteiger partial charge < -0.3 is 5.32 Å². The van der Waals surface area contributed by atoms with Crippen LogP contribution in [-0.4, -0.2) is 22.6 Å². The molecule has 21 heavy (non-hydrogen) atoms. The summed E-state index contributed by atoms with van der Waals surface area (Å²) in [5.74, 6) is 0.0116. The molecule has 0 aliphatic heterocycles. The van der Waals surface area contributed by atoms with Crippen LogP contribution in [0.5, 0.6) is 0 Å². The van der Waals surface area contributed by atoms with Crippen molar-refractivity contribution in [1.29, 1.82) is 0 Å². The minimum atomic E-state index is 0.00197. The maximum atomic E-state index is 12.0. The lowest BCUT2D eigenvalue weighted by molar-refractivity contribution is -0.120. The van der Waals surface area contributed by atoms with Crippen LogP contribution in [0.3, 0.4) is 0 Å². The predicted molar refractivity (Wildman–Crippen MR) is 82.3 cm³/mol. The number of amides is 1. The van der Waals surface area contributed by atoms with Crippen molar-refractivity contribution in [2.24, 2.45) is 0 Å². The number of H-pyrrole nitrogens is 1. The Kier molecular flexibility index (Phi) is 3.97. The summed E-state index contributed by atoms with van der Waals surface area (Å²) in [4.78, 5) is 12.0. The Bertz CT molecular complexity index is 620. The number of hydrogen-bond donors (Lipinski definition) is 2. The summed E-state index contributed by atoms with van der Waals surface area (Å²) in [6.07, 6.45) is 5.31. The second-order valence-electron chi connectivity index (χ2n) is 5.65. The summed E-state index contributed by atoms with van der Waals surface area (Å²) >= 11 is 6.33. The molecule has 0 unspecified atom stereocenters. The van der Waals surface area contributed by atoms with Gasteiger partial charge in [-0.2, -0.15) is 5.10 Å². The Labute approximate surface area is 128 Å². The number of hydrogen-bond acceptors (Lipinski definition) is 2. The SMILES string of the molecule is O=C(Cc1ccn[nH]1)NCC1(c2ccccc2Cl)CCC1. The third-order valence-electron chi connectivity index (χ3n) is 4.29. The van der Waals surface area contributed by atoms with Crippen LogP contribution in [-0.2, 0) is 16.6 Å². The smallest absolute Gasteiger partial charge is 0.226 e. The molecular weight excluding hydrogens is 286 g/mol. The Balaban J connectivity index is 1.65. The molecule has 0 atom stereocenters. The molecule has 0 bridgehead atoms. The van der Waals surface area contributed by atoms with Gasteiger partial charge in [0.25, 0.3) is 0 Å². The lowest BCUT2D eigenvalue weighted by atomic mass is 9.64. The maximum Gasteiger partial charge on any atom is 0.226 e. The van der Waals surface area contributed by atoms with Crippen molar-refractivity contribution in [3.05, 3.63) is 52.8 Å². The molecule has 2 aromatic rings. The van der Waals surface area contributed by atoms with Crippen LogP contribution in [0.2, 0.25) is 5.02 Å². The van der Waals surface area contributed by atoms with Crippen LogP contribution in [0.4, 0.5) is 0 Å². The quantitative estimate of drug-likeness (QED) is 0.892. The van der Waals surface area contributed by atoms with E-state index in [0.29, 0.717) is 13.0 Å². The van der Waals surface area contributed by atoms with Gasteiger partial charge in [-0.15, -0.1) is 0 Å². The largest absolute Gasteiger partial charge is 0.355 e. The van der Waals surface area contributed by atoms with E-state index in [0.717, 1.165) is 29.1 Å². The molecular formula is C16H18ClN3O. The van der Waals surface area contributed by atoms with Crippen LogP contribution in [0.1, 0.15) is 30.5 Å². The Hall–Kier alpha value is -1.81. The lowest BCUT2D eigenvalue weighted by Gasteiger charge is -2.43. The van der Waals surface area contributed by atoms with E-state index in [1.165, 1.54) is 6.42 Å². The third-order valence-corrected chi connectivity index (χ3v) is 4.62. The highest BCUT2D eigenvalue weighted by molar-refractivity contribution is 6.31. The highest BCUT2D eigenvalue weighted by atomic mass is 35.5. The summed E-state index contributed by atoms with van der Waals surface area (Å²) in [5.41, 5.74) is 1.98. The summed E-state index contributed by atoms with van der Waals surface area (Å²) < 4.78 is 0. The molecule has 5 heteroatoms. The van der Waals surface area contributed by atoms with Gasteiger partial charge in [-0.25, -0.2) is 0 Å². The number of halogens is 1. The number of rotatable bonds is 5. The number of nitrogens with one attached hydrogen (secondary N) is 2. The van der Waals surface area contributed by atoms with Crippen molar-refractivity contribution in [1.82, 2.24) is 15.5 Å². The van der Waals surface area contributed by atoms with Crippen LogP contribution in [0.15, 0.2) is 36.5 Å². The first-order valence-corrected chi connectivity index (χ1v) is 7.57. The normalized spacial score (nSPS) is 16.2. The number of aromatic nitrogens is 2. The second kappa shape index (κ2) is 5.90. The van der Waals surface area contributed by atoms with E-state index in [4.69, 9.17) is 11.6 Å². The number of carbonyl (C=O) groups is 1. The van der Waals surface area contributed by atoms with Crippen molar-refractivity contribution in [2.75, 3.05) is 6.54 Å². The van der Waals surface area contributed by atoms with E-state index in [9.17, 15) is 4.79 Å². The fourth-order valence-electron chi connectivity index (χ4n) is 2.92. The molecule has 1 fully saturated rings. The average Bonchev–Trinajstić information content (AvgIpc) is 2.92. The summed E-state index contributed by atoms with van der Waals surface area (Å²) in [6.45, 7) is 0.643. The molecule has 3 rings (SSSR count).